The Morgan fingerprint density at radius 1 is 1.15 bits per heavy atom. The Morgan fingerprint density at radius 2 is 1.80 bits per heavy atom. The first-order valence-corrected chi connectivity index (χ1v) is 6.30. The SMILES string of the molecule is NC(=O)OC1(c2ccc(-c3ccc(F)cc3)cn2)CC1. The number of halogens is 1. The highest BCUT2D eigenvalue weighted by atomic mass is 19.1. The van der Waals surface area contributed by atoms with E-state index < -0.39 is 11.7 Å². The number of carbonyl (C=O) groups excluding carboxylic acids is 1. The normalized spacial score (nSPS) is 15.7. The number of pyridine rings is 1. The molecule has 0 unspecified atom stereocenters. The smallest absolute Gasteiger partial charge is 0.405 e. The Bertz CT molecular complexity index is 634. The Kier molecular flexibility index (Phi) is 2.89. The monoisotopic (exact) mass is 272 g/mol. The number of hydrogen-bond acceptors (Lipinski definition) is 3. The second kappa shape index (κ2) is 4.59. The average molecular weight is 272 g/mol. The molecule has 1 aliphatic rings. The van der Waals surface area contributed by atoms with Gasteiger partial charge in [0.1, 0.15) is 5.82 Å². The topological polar surface area (TPSA) is 65.2 Å². The summed E-state index contributed by atoms with van der Waals surface area (Å²) in [6, 6.07) is 9.88. The quantitative estimate of drug-likeness (QED) is 0.934. The fourth-order valence-corrected chi connectivity index (χ4v) is 2.19. The molecule has 1 heterocycles. The molecule has 2 aromatic rings. The van der Waals surface area contributed by atoms with E-state index in [1.807, 2.05) is 12.1 Å². The van der Waals surface area contributed by atoms with Crippen molar-refractivity contribution in [2.45, 2.75) is 18.4 Å². The summed E-state index contributed by atoms with van der Waals surface area (Å²) in [4.78, 5) is 15.2. The number of nitrogens with zero attached hydrogens (tertiary/aromatic N) is 1. The Balaban J connectivity index is 1.85. The molecule has 1 fully saturated rings. The zero-order valence-electron chi connectivity index (χ0n) is 10.7. The highest BCUT2D eigenvalue weighted by molar-refractivity contribution is 5.66. The molecule has 1 aliphatic carbocycles. The molecule has 2 N–H and O–H groups in total. The van der Waals surface area contributed by atoms with Crippen molar-refractivity contribution < 1.29 is 13.9 Å². The molecule has 102 valence electrons. The molecule has 0 spiro atoms. The summed E-state index contributed by atoms with van der Waals surface area (Å²) >= 11 is 0. The molecule has 0 bridgehead atoms. The van der Waals surface area contributed by atoms with Gasteiger partial charge < -0.3 is 10.5 Å². The minimum absolute atomic E-state index is 0.273. The van der Waals surface area contributed by atoms with Gasteiger partial charge in [0.05, 0.1) is 5.69 Å². The molecule has 3 rings (SSSR count). The van der Waals surface area contributed by atoms with Crippen LogP contribution in [0.25, 0.3) is 11.1 Å². The van der Waals surface area contributed by atoms with Crippen LogP contribution in [-0.2, 0) is 10.3 Å². The number of ether oxygens (including phenoxy) is 1. The fraction of sp³-hybridized carbons (Fsp3) is 0.200. The largest absolute Gasteiger partial charge is 0.437 e. The fourth-order valence-electron chi connectivity index (χ4n) is 2.19. The van der Waals surface area contributed by atoms with Crippen molar-refractivity contribution in [2.24, 2.45) is 5.73 Å². The van der Waals surface area contributed by atoms with E-state index in [-0.39, 0.29) is 5.82 Å². The standard InChI is InChI=1S/C15H13FN2O2/c16-12-4-1-10(2-5-12)11-3-6-13(18-9-11)15(7-8-15)20-14(17)19/h1-6,9H,7-8H2,(H2,17,19). The third-order valence-electron chi connectivity index (χ3n) is 3.41. The number of amides is 1. The Hall–Kier alpha value is -2.43. The van der Waals surface area contributed by atoms with Crippen LogP contribution in [0.1, 0.15) is 18.5 Å². The number of aromatic nitrogens is 1. The van der Waals surface area contributed by atoms with Gasteiger partial charge in [-0.2, -0.15) is 0 Å². The predicted octanol–water partition coefficient (Wildman–Crippen LogP) is 2.97. The maximum atomic E-state index is 12.9. The molecule has 0 aliphatic heterocycles. The zero-order valence-corrected chi connectivity index (χ0v) is 10.7. The lowest BCUT2D eigenvalue weighted by molar-refractivity contribution is 0.0872. The third kappa shape index (κ3) is 2.34. The van der Waals surface area contributed by atoms with Crippen molar-refractivity contribution in [2.75, 3.05) is 0 Å². The van der Waals surface area contributed by atoms with E-state index >= 15 is 0 Å². The average Bonchev–Trinajstić information content (AvgIpc) is 3.20. The second-order valence-corrected chi connectivity index (χ2v) is 4.85. The molecule has 0 radical (unpaired) electrons. The highest BCUT2D eigenvalue weighted by Gasteiger charge is 2.49. The van der Waals surface area contributed by atoms with Crippen LogP contribution in [-0.4, -0.2) is 11.1 Å². The Morgan fingerprint density at radius 3 is 2.30 bits per heavy atom. The molecular formula is C15H13FN2O2. The summed E-state index contributed by atoms with van der Waals surface area (Å²) in [6.07, 6.45) is 2.37. The minimum Gasteiger partial charge on any atom is -0.437 e. The zero-order chi connectivity index (χ0) is 14.2. The molecule has 4 nitrogen and oxygen atoms in total. The van der Waals surface area contributed by atoms with Crippen molar-refractivity contribution in [1.82, 2.24) is 4.98 Å². The van der Waals surface area contributed by atoms with Crippen LogP contribution in [0.5, 0.6) is 0 Å². The molecule has 1 aromatic carbocycles. The number of nitrogens with two attached hydrogens (primary N) is 1. The Labute approximate surface area is 115 Å². The molecule has 1 saturated carbocycles. The summed E-state index contributed by atoms with van der Waals surface area (Å²) < 4.78 is 18.0. The number of primary amides is 1. The molecule has 5 heteroatoms. The number of benzene rings is 1. The van der Waals surface area contributed by atoms with Gasteiger partial charge in [0.15, 0.2) is 5.60 Å². The molecule has 20 heavy (non-hydrogen) atoms. The number of hydrogen-bond donors (Lipinski definition) is 1. The predicted molar refractivity (Wildman–Crippen MR) is 71.2 cm³/mol. The molecule has 0 saturated heterocycles. The first-order chi connectivity index (χ1) is 9.59. The van der Waals surface area contributed by atoms with E-state index in [2.05, 4.69) is 4.98 Å². The van der Waals surface area contributed by atoms with Crippen molar-refractivity contribution >= 4 is 6.09 Å². The lowest BCUT2D eigenvalue weighted by Gasteiger charge is -2.14. The van der Waals surface area contributed by atoms with E-state index in [0.717, 1.165) is 24.0 Å². The second-order valence-electron chi connectivity index (χ2n) is 4.85. The van der Waals surface area contributed by atoms with E-state index in [9.17, 15) is 9.18 Å². The van der Waals surface area contributed by atoms with Gasteiger partial charge in [-0.3, -0.25) is 4.98 Å². The van der Waals surface area contributed by atoms with Crippen LogP contribution in [0.3, 0.4) is 0 Å². The number of carbonyl (C=O) groups is 1. The van der Waals surface area contributed by atoms with Gasteiger partial charge in [0.25, 0.3) is 0 Å². The van der Waals surface area contributed by atoms with Gasteiger partial charge >= 0.3 is 6.09 Å². The summed E-state index contributed by atoms with van der Waals surface area (Å²) in [6.45, 7) is 0. The van der Waals surface area contributed by atoms with Gasteiger partial charge in [-0.25, -0.2) is 9.18 Å². The lowest BCUT2D eigenvalue weighted by atomic mass is 10.1. The third-order valence-corrected chi connectivity index (χ3v) is 3.41. The number of rotatable bonds is 3. The van der Waals surface area contributed by atoms with E-state index in [4.69, 9.17) is 10.5 Å². The van der Waals surface area contributed by atoms with Crippen LogP contribution < -0.4 is 5.73 Å². The first-order valence-electron chi connectivity index (χ1n) is 6.30. The maximum Gasteiger partial charge on any atom is 0.405 e. The first kappa shape index (κ1) is 12.6. The lowest BCUT2D eigenvalue weighted by Crippen LogP contribution is -2.23. The van der Waals surface area contributed by atoms with E-state index in [1.54, 1.807) is 18.3 Å². The van der Waals surface area contributed by atoms with Crippen LogP contribution in [0.4, 0.5) is 9.18 Å². The summed E-state index contributed by atoms with van der Waals surface area (Å²) in [5, 5.41) is 0. The molecule has 0 atom stereocenters. The van der Waals surface area contributed by atoms with Crippen molar-refractivity contribution in [3.8, 4) is 11.1 Å². The van der Waals surface area contributed by atoms with Gasteiger partial charge in [-0.05, 0) is 36.6 Å². The molecular weight excluding hydrogens is 259 g/mol. The van der Waals surface area contributed by atoms with Crippen LogP contribution in [0.15, 0.2) is 42.6 Å². The van der Waals surface area contributed by atoms with Crippen molar-refractivity contribution in [3.05, 3.63) is 54.1 Å². The maximum absolute atomic E-state index is 12.9. The summed E-state index contributed by atoms with van der Waals surface area (Å²) in [7, 11) is 0. The highest BCUT2D eigenvalue weighted by Crippen LogP contribution is 2.48. The molecule has 1 amide bonds. The van der Waals surface area contributed by atoms with Gasteiger partial charge in [0.2, 0.25) is 0 Å². The van der Waals surface area contributed by atoms with Gasteiger partial charge in [-0.15, -0.1) is 0 Å². The van der Waals surface area contributed by atoms with Crippen molar-refractivity contribution in [1.29, 1.82) is 0 Å². The summed E-state index contributed by atoms with van der Waals surface area (Å²) in [5.41, 5.74) is 6.88. The van der Waals surface area contributed by atoms with E-state index in [0.29, 0.717) is 5.69 Å². The minimum atomic E-state index is -0.785. The van der Waals surface area contributed by atoms with E-state index in [1.165, 1.54) is 12.1 Å². The summed E-state index contributed by atoms with van der Waals surface area (Å²) in [5.74, 6) is -0.273. The van der Waals surface area contributed by atoms with Crippen LogP contribution >= 0.6 is 0 Å². The van der Waals surface area contributed by atoms with Crippen molar-refractivity contribution in [3.63, 3.8) is 0 Å². The van der Waals surface area contributed by atoms with Gasteiger partial charge in [-0.1, -0.05) is 18.2 Å². The van der Waals surface area contributed by atoms with Crippen LogP contribution in [0.2, 0.25) is 0 Å². The molecule has 1 aromatic heterocycles. The van der Waals surface area contributed by atoms with Crippen LogP contribution in [0, 0.1) is 5.82 Å². The van der Waals surface area contributed by atoms with Gasteiger partial charge in [0, 0.05) is 11.8 Å².